The van der Waals surface area contributed by atoms with Gasteiger partial charge in [-0.05, 0) is 6.92 Å². The van der Waals surface area contributed by atoms with Crippen molar-refractivity contribution in [2.24, 2.45) is 5.92 Å². The molecule has 0 aliphatic heterocycles. The van der Waals surface area contributed by atoms with Gasteiger partial charge in [0.05, 0.1) is 12.0 Å². The smallest absolute Gasteiger partial charge is 0.199 e. The van der Waals surface area contributed by atoms with Crippen LogP contribution in [0.15, 0.2) is 12.4 Å². The fraction of sp³-hybridized carbons (Fsp3) is 0.375. The third-order valence-corrected chi connectivity index (χ3v) is 1.47. The first kappa shape index (κ1) is 8.47. The Hall–Kier alpha value is -1.63. The lowest BCUT2D eigenvalue weighted by molar-refractivity contribution is 0.0963. The first-order valence-electron chi connectivity index (χ1n) is 3.66. The molecule has 1 N–H and O–H groups in total. The summed E-state index contributed by atoms with van der Waals surface area (Å²) in [5.41, 5.74) is 0. The minimum atomic E-state index is -0.248. The van der Waals surface area contributed by atoms with Crippen molar-refractivity contribution >= 4 is 5.78 Å². The topological polar surface area (TPSA) is 69.5 Å². The molecule has 0 saturated carbocycles. The van der Waals surface area contributed by atoms with Crippen LogP contribution >= 0.6 is 0 Å². The molecule has 0 bridgehead atoms. The molecule has 1 rings (SSSR count). The molecule has 0 amide bonds. The lowest BCUT2D eigenvalue weighted by Crippen LogP contribution is -2.06. The number of hydrogen-bond donors (Lipinski definition) is 1. The van der Waals surface area contributed by atoms with Crippen LogP contribution in [-0.4, -0.2) is 15.8 Å². The Morgan fingerprint density at radius 2 is 2.67 bits per heavy atom. The van der Waals surface area contributed by atoms with Crippen molar-refractivity contribution in [3.63, 3.8) is 0 Å². The highest BCUT2D eigenvalue weighted by Gasteiger charge is 2.11. The van der Waals surface area contributed by atoms with E-state index >= 15 is 0 Å². The van der Waals surface area contributed by atoms with E-state index in [0.717, 1.165) is 0 Å². The molecule has 0 radical (unpaired) electrons. The van der Waals surface area contributed by atoms with Crippen LogP contribution in [0.2, 0.25) is 0 Å². The van der Waals surface area contributed by atoms with Crippen molar-refractivity contribution in [1.82, 2.24) is 9.97 Å². The fourth-order valence-corrected chi connectivity index (χ4v) is 0.838. The molecule has 4 nitrogen and oxygen atoms in total. The summed E-state index contributed by atoms with van der Waals surface area (Å²) < 4.78 is 0. The molecule has 0 saturated heterocycles. The zero-order chi connectivity index (χ0) is 8.97. The second kappa shape index (κ2) is 3.67. The highest BCUT2D eigenvalue weighted by Crippen LogP contribution is 2.04. The van der Waals surface area contributed by atoms with Gasteiger partial charge >= 0.3 is 0 Å². The average molecular weight is 163 g/mol. The van der Waals surface area contributed by atoms with E-state index in [-0.39, 0.29) is 18.1 Å². The van der Waals surface area contributed by atoms with E-state index < -0.39 is 0 Å². The summed E-state index contributed by atoms with van der Waals surface area (Å²) in [6.45, 7) is 1.71. The van der Waals surface area contributed by atoms with Crippen molar-refractivity contribution in [3.8, 4) is 6.07 Å². The van der Waals surface area contributed by atoms with Gasteiger partial charge in [-0.3, -0.25) is 4.79 Å². The van der Waals surface area contributed by atoms with Crippen molar-refractivity contribution in [2.45, 2.75) is 13.3 Å². The molecule has 1 atom stereocenters. The van der Waals surface area contributed by atoms with Crippen molar-refractivity contribution in [2.75, 3.05) is 0 Å². The fourth-order valence-electron chi connectivity index (χ4n) is 0.838. The third-order valence-electron chi connectivity index (χ3n) is 1.47. The summed E-state index contributed by atoms with van der Waals surface area (Å²) in [7, 11) is 0. The normalized spacial score (nSPS) is 12.0. The molecule has 1 unspecified atom stereocenters. The maximum atomic E-state index is 11.2. The summed E-state index contributed by atoms with van der Waals surface area (Å²) in [4.78, 5) is 17.7. The van der Waals surface area contributed by atoms with Crippen LogP contribution in [0.3, 0.4) is 0 Å². The first-order valence-corrected chi connectivity index (χ1v) is 3.66. The van der Waals surface area contributed by atoms with E-state index in [9.17, 15) is 4.79 Å². The van der Waals surface area contributed by atoms with E-state index in [4.69, 9.17) is 5.26 Å². The van der Waals surface area contributed by atoms with Crippen molar-refractivity contribution in [3.05, 3.63) is 18.2 Å². The number of nitrogens with one attached hydrogen (secondary N) is 1. The zero-order valence-corrected chi connectivity index (χ0v) is 6.74. The van der Waals surface area contributed by atoms with Crippen LogP contribution in [0.4, 0.5) is 0 Å². The second-order valence-corrected chi connectivity index (χ2v) is 2.60. The molecule has 62 valence electrons. The van der Waals surface area contributed by atoms with Gasteiger partial charge in [0.1, 0.15) is 0 Å². The number of aromatic nitrogens is 2. The molecule has 0 fully saturated rings. The highest BCUT2D eigenvalue weighted by molar-refractivity contribution is 5.92. The van der Waals surface area contributed by atoms with E-state index in [2.05, 4.69) is 9.97 Å². The van der Waals surface area contributed by atoms with E-state index in [1.54, 1.807) is 13.1 Å². The Morgan fingerprint density at radius 3 is 3.17 bits per heavy atom. The molecule has 0 spiro atoms. The Bertz CT molecular complexity index is 297. The number of nitriles is 1. The quantitative estimate of drug-likeness (QED) is 0.679. The maximum Gasteiger partial charge on any atom is 0.199 e. The summed E-state index contributed by atoms with van der Waals surface area (Å²) >= 11 is 0. The number of H-pyrrole nitrogens is 1. The Morgan fingerprint density at radius 1 is 1.92 bits per heavy atom. The number of Topliss-reactive ketones (excluding diaryl/α,β-unsaturated/α-hetero) is 1. The predicted molar refractivity (Wildman–Crippen MR) is 42.3 cm³/mol. The molecule has 1 heterocycles. The van der Waals surface area contributed by atoms with Gasteiger partial charge in [-0.1, -0.05) is 0 Å². The average Bonchev–Trinajstić information content (AvgIpc) is 2.56. The molecule has 1 aromatic heterocycles. The van der Waals surface area contributed by atoms with Gasteiger partial charge in [-0.2, -0.15) is 5.26 Å². The van der Waals surface area contributed by atoms with E-state index in [1.807, 2.05) is 6.07 Å². The van der Waals surface area contributed by atoms with Crippen LogP contribution < -0.4 is 0 Å². The van der Waals surface area contributed by atoms with Crippen LogP contribution in [-0.2, 0) is 0 Å². The maximum absolute atomic E-state index is 11.2. The van der Waals surface area contributed by atoms with Gasteiger partial charge in [-0.15, -0.1) is 0 Å². The molecule has 0 aliphatic carbocycles. The van der Waals surface area contributed by atoms with Crippen LogP contribution in [0.1, 0.15) is 24.0 Å². The molecule has 1 aromatic rings. The van der Waals surface area contributed by atoms with Gasteiger partial charge in [0, 0.05) is 18.8 Å². The Labute approximate surface area is 70.2 Å². The summed E-state index contributed by atoms with van der Waals surface area (Å²) in [6.07, 6.45) is 3.33. The van der Waals surface area contributed by atoms with E-state index in [1.165, 1.54) is 6.20 Å². The molecule has 0 aromatic carbocycles. The summed E-state index contributed by atoms with van der Waals surface area (Å²) in [5.74, 6) is -0.0336. The van der Waals surface area contributed by atoms with Gasteiger partial charge in [0.25, 0.3) is 0 Å². The zero-order valence-electron chi connectivity index (χ0n) is 6.74. The van der Waals surface area contributed by atoms with Gasteiger partial charge < -0.3 is 4.98 Å². The molecular formula is C8H9N3O. The number of rotatable bonds is 3. The molecular weight excluding hydrogens is 154 g/mol. The third kappa shape index (κ3) is 1.92. The Kier molecular flexibility index (Phi) is 2.59. The SMILES string of the molecule is CC(C#N)CC(=O)c1ncc[nH]1. The number of aromatic amines is 1. The molecule has 12 heavy (non-hydrogen) atoms. The van der Waals surface area contributed by atoms with Gasteiger partial charge in [0.15, 0.2) is 11.6 Å². The number of imidazole rings is 1. The number of hydrogen-bond acceptors (Lipinski definition) is 3. The predicted octanol–water partition coefficient (Wildman–Crippen LogP) is 1.14. The number of nitrogens with zero attached hydrogens (tertiary/aromatic N) is 2. The lowest BCUT2D eigenvalue weighted by Gasteiger charge is -1.97. The number of ketones is 1. The van der Waals surface area contributed by atoms with Crippen LogP contribution in [0, 0.1) is 17.2 Å². The highest BCUT2D eigenvalue weighted by atomic mass is 16.1. The monoisotopic (exact) mass is 163 g/mol. The van der Waals surface area contributed by atoms with Gasteiger partial charge in [-0.25, -0.2) is 4.98 Å². The minimum absolute atomic E-state index is 0.117. The van der Waals surface area contributed by atoms with E-state index in [0.29, 0.717) is 5.82 Å². The van der Waals surface area contributed by atoms with Crippen molar-refractivity contribution < 1.29 is 4.79 Å². The number of carbonyl (C=O) groups is 1. The van der Waals surface area contributed by atoms with Gasteiger partial charge in [0.2, 0.25) is 0 Å². The molecule has 0 aliphatic rings. The standard InChI is InChI=1S/C8H9N3O/c1-6(5-9)4-7(12)8-10-2-3-11-8/h2-3,6H,4H2,1H3,(H,10,11). The summed E-state index contributed by atoms with van der Waals surface area (Å²) in [6, 6.07) is 2.00. The first-order chi connectivity index (χ1) is 5.74. The van der Waals surface area contributed by atoms with Crippen molar-refractivity contribution in [1.29, 1.82) is 5.26 Å². The van der Waals surface area contributed by atoms with Crippen LogP contribution in [0.5, 0.6) is 0 Å². The number of carbonyl (C=O) groups excluding carboxylic acids is 1. The Balaban J connectivity index is 2.57. The summed E-state index contributed by atoms with van der Waals surface area (Å²) in [5, 5.41) is 8.45. The van der Waals surface area contributed by atoms with Crippen LogP contribution in [0.25, 0.3) is 0 Å². The lowest BCUT2D eigenvalue weighted by atomic mass is 10.1. The second-order valence-electron chi connectivity index (χ2n) is 2.60. The largest absolute Gasteiger partial charge is 0.342 e. The molecule has 4 heteroatoms. The minimum Gasteiger partial charge on any atom is -0.342 e.